The van der Waals surface area contributed by atoms with E-state index in [0.717, 1.165) is 45.3 Å². The van der Waals surface area contributed by atoms with Crippen LogP contribution in [-0.4, -0.2) is 31.9 Å². The first-order valence-electron chi connectivity index (χ1n) is 11.9. The third-order valence-corrected chi connectivity index (χ3v) is 5.87. The average molecular weight is 474 g/mol. The van der Waals surface area contributed by atoms with Crippen molar-refractivity contribution in [2.45, 2.75) is 19.6 Å². The SMILES string of the molecule is COc1ccc(-c2ccc(-c3cccc(CN(Cc4ccccn4)Cc4ccccn4)n3)nc2)cc1. The van der Waals surface area contributed by atoms with E-state index >= 15 is 0 Å². The zero-order valence-corrected chi connectivity index (χ0v) is 20.2. The maximum absolute atomic E-state index is 5.25. The van der Waals surface area contributed by atoms with Gasteiger partial charge in [-0.2, -0.15) is 0 Å². The highest BCUT2D eigenvalue weighted by molar-refractivity contribution is 5.66. The number of rotatable bonds is 9. The summed E-state index contributed by atoms with van der Waals surface area (Å²) in [5, 5.41) is 0. The molecular formula is C30H27N5O. The van der Waals surface area contributed by atoms with E-state index in [1.54, 1.807) is 7.11 Å². The summed E-state index contributed by atoms with van der Waals surface area (Å²) < 4.78 is 5.25. The van der Waals surface area contributed by atoms with Crippen molar-refractivity contribution in [3.05, 3.63) is 127 Å². The van der Waals surface area contributed by atoms with Crippen molar-refractivity contribution in [3.63, 3.8) is 0 Å². The summed E-state index contributed by atoms with van der Waals surface area (Å²) in [6.45, 7) is 2.08. The molecule has 6 nitrogen and oxygen atoms in total. The van der Waals surface area contributed by atoms with Crippen LogP contribution in [0.25, 0.3) is 22.5 Å². The van der Waals surface area contributed by atoms with E-state index in [0.29, 0.717) is 19.6 Å². The fourth-order valence-corrected chi connectivity index (χ4v) is 4.05. The van der Waals surface area contributed by atoms with Gasteiger partial charge in [-0.25, -0.2) is 4.98 Å². The zero-order valence-electron chi connectivity index (χ0n) is 20.2. The molecule has 1 aromatic carbocycles. The van der Waals surface area contributed by atoms with Gasteiger partial charge in [-0.1, -0.05) is 36.4 Å². The van der Waals surface area contributed by atoms with E-state index in [1.165, 1.54) is 0 Å². The minimum Gasteiger partial charge on any atom is -0.497 e. The monoisotopic (exact) mass is 473 g/mol. The van der Waals surface area contributed by atoms with E-state index in [-0.39, 0.29) is 0 Å². The minimum absolute atomic E-state index is 0.672. The Balaban J connectivity index is 1.34. The molecular weight excluding hydrogens is 446 g/mol. The van der Waals surface area contributed by atoms with Crippen molar-refractivity contribution in [3.8, 4) is 28.3 Å². The molecule has 0 unspecified atom stereocenters. The van der Waals surface area contributed by atoms with E-state index in [9.17, 15) is 0 Å². The van der Waals surface area contributed by atoms with Crippen LogP contribution in [0.3, 0.4) is 0 Å². The van der Waals surface area contributed by atoms with E-state index < -0.39 is 0 Å². The van der Waals surface area contributed by atoms with Gasteiger partial charge in [0.05, 0.1) is 35.6 Å². The number of benzene rings is 1. The van der Waals surface area contributed by atoms with Crippen LogP contribution < -0.4 is 4.74 Å². The lowest BCUT2D eigenvalue weighted by atomic mass is 10.1. The molecule has 5 aromatic rings. The average Bonchev–Trinajstić information content (AvgIpc) is 2.94. The van der Waals surface area contributed by atoms with Crippen LogP contribution in [0.2, 0.25) is 0 Å². The smallest absolute Gasteiger partial charge is 0.118 e. The van der Waals surface area contributed by atoms with E-state index in [4.69, 9.17) is 14.7 Å². The van der Waals surface area contributed by atoms with Gasteiger partial charge in [-0.05, 0) is 60.2 Å². The number of aromatic nitrogens is 4. The van der Waals surface area contributed by atoms with Crippen molar-refractivity contribution in [2.75, 3.05) is 7.11 Å². The fraction of sp³-hybridized carbons (Fsp3) is 0.133. The molecule has 0 radical (unpaired) electrons. The second-order valence-corrected chi connectivity index (χ2v) is 8.46. The van der Waals surface area contributed by atoms with Crippen LogP contribution >= 0.6 is 0 Å². The summed E-state index contributed by atoms with van der Waals surface area (Å²) in [6, 6.07) is 30.2. The quantitative estimate of drug-likeness (QED) is 0.269. The van der Waals surface area contributed by atoms with Gasteiger partial charge in [0.1, 0.15) is 5.75 Å². The Morgan fingerprint density at radius 2 is 1.22 bits per heavy atom. The molecule has 0 aliphatic heterocycles. The van der Waals surface area contributed by atoms with Gasteiger partial charge in [0.2, 0.25) is 0 Å². The lowest BCUT2D eigenvalue weighted by Crippen LogP contribution is -2.24. The third-order valence-electron chi connectivity index (χ3n) is 5.87. The Hall–Kier alpha value is -4.42. The number of methoxy groups -OCH3 is 1. The first-order valence-corrected chi connectivity index (χ1v) is 11.9. The summed E-state index contributed by atoms with van der Waals surface area (Å²) in [6.07, 6.45) is 5.54. The predicted molar refractivity (Wildman–Crippen MR) is 141 cm³/mol. The lowest BCUT2D eigenvalue weighted by Gasteiger charge is -2.21. The second-order valence-electron chi connectivity index (χ2n) is 8.46. The lowest BCUT2D eigenvalue weighted by molar-refractivity contribution is 0.239. The van der Waals surface area contributed by atoms with Crippen LogP contribution in [0, 0.1) is 0 Å². The Morgan fingerprint density at radius 3 is 1.81 bits per heavy atom. The molecule has 0 N–H and O–H groups in total. The summed E-state index contributed by atoms with van der Waals surface area (Å²) in [4.78, 5) is 20.9. The molecule has 0 atom stereocenters. The van der Waals surface area contributed by atoms with E-state index in [2.05, 4.69) is 27.0 Å². The second kappa shape index (κ2) is 11.3. The molecule has 0 saturated carbocycles. The maximum atomic E-state index is 5.25. The Bertz CT molecular complexity index is 1330. The Kier molecular flexibility index (Phi) is 7.35. The summed E-state index contributed by atoms with van der Waals surface area (Å²) in [7, 11) is 1.67. The van der Waals surface area contributed by atoms with Crippen molar-refractivity contribution in [1.82, 2.24) is 24.8 Å². The van der Waals surface area contributed by atoms with Gasteiger partial charge in [-0.3, -0.25) is 19.9 Å². The van der Waals surface area contributed by atoms with Crippen molar-refractivity contribution in [1.29, 1.82) is 0 Å². The molecule has 5 rings (SSSR count). The topological polar surface area (TPSA) is 64.0 Å². The van der Waals surface area contributed by atoms with Gasteiger partial charge >= 0.3 is 0 Å². The molecule has 0 spiro atoms. The van der Waals surface area contributed by atoms with Crippen molar-refractivity contribution < 1.29 is 4.74 Å². The first-order chi connectivity index (χ1) is 17.8. The van der Waals surface area contributed by atoms with Crippen LogP contribution in [0.15, 0.2) is 110 Å². The number of ether oxygens (including phenoxy) is 1. The normalized spacial score (nSPS) is 10.9. The molecule has 0 amide bonds. The molecule has 4 aromatic heterocycles. The predicted octanol–water partition coefficient (Wildman–Crippen LogP) is 5.81. The first kappa shape index (κ1) is 23.3. The van der Waals surface area contributed by atoms with Crippen LogP contribution in [-0.2, 0) is 19.6 Å². The highest BCUT2D eigenvalue weighted by atomic mass is 16.5. The Morgan fingerprint density at radius 1 is 0.583 bits per heavy atom. The molecule has 178 valence electrons. The van der Waals surface area contributed by atoms with Crippen LogP contribution in [0.4, 0.5) is 0 Å². The molecule has 0 fully saturated rings. The minimum atomic E-state index is 0.672. The number of nitrogens with zero attached hydrogens (tertiary/aromatic N) is 5. The van der Waals surface area contributed by atoms with Gasteiger partial charge in [0.25, 0.3) is 0 Å². The number of hydrogen-bond donors (Lipinski definition) is 0. The molecule has 6 heteroatoms. The van der Waals surface area contributed by atoms with Crippen LogP contribution in [0.5, 0.6) is 5.75 Å². The Labute approximate surface area is 211 Å². The summed E-state index contributed by atoms with van der Waals surface area (Å²) in [5.74, 6) is 0.837. The van der Waals surface area contributed by atoms with Crippen molar-refractivity contribution in [2.24, 2.45) is 0 Å². The third kappa shape index (κ3) is 5.98. The van der Waals surface area contributed by atoms with Crippen LogP contribution in [0.1, 0.15) is 17.1 Å². The molecule has 0 aliphatic carbocycles. The van der Waals surface area contributed by atoms with Gasteiger partial charge in [0, 0.05) is 43.8 Å². The molecule has 0 bridgehead atoms. The number of hydrogen-bond acceptors (Lipinski definition) is 6. The van der Waals surface area contributed by atoms with Gasteiger partial charge < -0.3 is 4.74 Å². The molecule has 0 aliphatic rings. The summed E-state index contributed by atoms with van der Waals surface area (Å²) in [5.41, 5.74) is 6.84. The highest BCUT2D eigenvalue weighted by Crippen LogP contribution is 2.24. The molecule has 4 heterocycles. The zero-order chi connectivity index (χ0) is 24.6. The standard InChI is InChI=1S/C30H27N5O/c1-36-28-14-11-23(12-15-28)24-13-16-29(33-19-24)30-10-6-9-27(34-30)22-35(20-25-7-2-4-17-31-25)21-26-8-3-5-18-32-26/h2-19H,20-22H2,1H3. The highest BCUT2D eigenvalue weighted by Gasteiger charge is 2.12. The van der Waals surface area contributed by atoms with Crippen molar-refractivity contribution >= 4 is 0 Å². The summed E-state index contributed by atoms with van der Waals surface area (Å²) >= 11 is 0. The molecule has 0 saturated heterocycles. The van der Waals surface area contributed by atoms with E-state index in [1.807, 2.05) is 97.5 Å². The maximum Gasteiger partial charge on any atom is 0.118 e. The largest absolute Gasteiger partial charge is 0.497 e. The van der Waals surface area contributed by atoms with Gasteiger partial charge in [0.15, 0.2) is 0 Å². The van der Waals surface area contributed by atoms with Gasteiger partial charge in [-0.15, -0.1) is 0 Å². The molecule has 36 heavy (non-hydrogen) atoms. The fourth-order valence-electron chi connectivity index (χ4n) is 4.05. The number of pyridine rings is 4.